The predicted molar refractivity (Wildman–Crippen MR) is 226 cm³/mol. The van der Waals surface area contributed by atoms with Gasteiger partial charge in [-0.1, -0.05) is 25.7 Å². The molecule has 0 aromatic heterocycles. The first-order valence-electron chi connectivity index (χ1n) is 20.9. The molecule has 60 heavy (non-hydrogen) atoms. The number of aliphatic hydroxyl groups excluding tert-OH is 1. The molecule has 0 spiro atoms. The Hall–Kier alpha value is -4.49. The average molecular weight is 834 g/mol. The molecule has 5 rings (SSSR count). The van der Waals surface area contributed by atoms with Gasteiger partial charge in [-0.15, -0.1) is 0 Å². The van der Waals surface area contributed by atoms with Gasteiger partial charge in [0.15, 0.2) is 0 Å². The molecular weight excluding hydrogens is 769 g/mol. The molecule has 1 aliphatic heterocycles. The van der Waals surface area contributed by atoms with Gasteiger partial charge in [0, 0.05) is 11.1 Å². The third kappa shape index (κ3) is 12.1. The quantitative estimate of drug-likeness (QED) is 0.0541. The summed E-state index contributed by atoms with van der Waals surface area (Å²) in [5.41, 5.74) is 10.8. The van der Waals surface area contributed by atoms with Crippen molar-refractivity contribution < 1.29 is 43.5 Å². The van der Waals surface area contributed by atoms with Gasteiger partial charge in [-0.2, -0.15) is 0 Å². The van der Waals surface area contributed by atoms with Crippen LogP contribution in [0.5, 0.6) is 0 Å². The first-order valence-corrected chi connectivity index (χ1v) is 20.9. The maximum Gasteiger partial charge on any atom is 0.481 e. The van der Waals surface area contributed by atoms with Gasteiger partial charge in [0.2, 0.25) is 23.6 Å². The van der Waals surface area contributed by atoms with Gasteiger partial charge in [0.25, 0.3) is 5.91 Å². The van der Waals surface area contributed by atoms with Crippen molar-refractivity contribution in [2.45, 2.75) is 147 Å². The highest BCUT2D eigenvalue weighted by Crippen LogP contribution is 2.65. The highest BCUT2D eigenvalue weighted by molar-refractivity contribution is 6.47. The molecule has 3 aliphatic carbocycles. The van der Waals surface area contributed by atoms with Gasteiger partial charge < -0.3 is 57.6 Å². The zero-order valence-electron chi connectivity index (χ0n) is 36.1. The summed E-state index contributed by atoms with van der Waals surface area (Å²) in [5, 5.41) is 33.5. The largest absolute Gasteiger partial charge is 0.481 e. The highest BCUT2D eigenvalue weighted by Gasteiger charge is 2.68. The number of unbranched alkanes of at least 4 members (excludes halogenated alkanes) is 1. The molecule has 1 aromatic rings. The molecule has 0 radical (unpaired) electrons. The van der Waals surface area contributed by atoms with Crippen LogP contribution >= 0.6 is 0 Å². The molecule has 10 atom stereocenters. The van der Waals surface area contributed by atoms with E-state index >= 15 is 0 Å². The number of hydrogen-bond acceptors (Lipinski definition) is 11. The Balaban J connectivity index is 1.33. The Bertz CT molecular complexity index is 1850. The first kappa shape index (κ1) is 48.2. The molecule has 1 heterocycles. The fourth-order valence-electron chi connectivity index (χ4n) is 8.26. The number of aliphatic hydroxyl groups is 2. The number of benzene rings is 1. The summed E-state index contributed by atoms with van der Waals surface area (Å²) < 4.78 is 12.9. The number of nitrogens with two attached hydrogens (primary N) is 2. The van der Waals surface area contributed by atoms with E-state index in [-0.39, 0.29) is 36.5 Å². The van der Waals surface area contributed by atoms with E-state index < -0.39 is 84.1 Å². The normalized spacial score (nSPS) is 24.1. The maximum absolute atomic E-state index is 13.7. The van der Waals surface area contributed by atoms with Gasteiger partial charge in [-0.25, -0.2) is 0 Å². The maximum atomic E-state index is 13.7. The van der Waals surface area contributed by atoms with Gasteiger partial charge in [0.1, 0.15) is 29.8 Å². The lowest BCUT2D eigenvalue weighted by Crippen LogP contribution is -2.65. The van der Waals surface area contributed by atoms with Crippen molar-refractivity contribution in [2.75, 3.05) is 13.1 Å². The van der Waals surface area contributed by atoms with Gasteiger partial charge >= 0.3 is 7.12 Å². The van der Waals surface area contributed by atoms with Crippen LogP contribution in [0.2, 0.25) is 0 Å². The topological polar surface area (TPSA) is 256 Å². The van der Waals surface area contributed by atoms with E-state index in [2.05, 4.69) is 71.0 Å². The number of nitrogens with one attached hydrogen (secondary N) is 5. The zero-order chi connectivity index (χ0) is 44.6. The van der Waals surface area contributed by atoms with Crippen LogP contribution in [0.4, 0.5) is 0 Å². The van der Waals surface area contributed by atoms with Gasteiger partial charge in [-0.05, 0) is 147 Å². The van der Waals surface area contributed by atoms with Crippen molar-refractivity contribution in [1.82, 2.24) is 26.6 Å². The fraction of sp³-hybridized carbons (Fsp3) is 0.651. The number of carbonyl (C=O) groups excluding carboxylic acids is 5. The molecular formula is C43H64BN7O9. The molecule has 1 saturated heterocycles. The Morgan fingerprint density at radius 2 is 1.50 bits per heavy atom. The van der Waals surface area contributed by atoms with E-state index in [1.807, 2.05) is 6.92 Å². The van der Waals surface area contributed by atoms with Crippen molar-refractivity contribution in [1.29, 1.82) is 0 Å². The lowest BCUT2D eigenvalue weighted by atomic mass is 9.43. The van der Waals surface area contributed by atoms with E-state index in [0.29, 0.717) is 36.8 Å². The Labute approximate surface area is 354 Å². The third-order valence-corrected chi connectivity index (χ3v) is 12.0. The van der Waals surface area contributed by atoms with Crippen LogP contribution in [0.1, 0.15) is 110 Å². The molecule has 328 valence electrons. The number of hydrogen-bond donors (Lipinski definition) is 9. The second-order valence-electron chi connectivity index (χ2n) is 17.7. The molecule has 2 bridgehead atoms. The van der Waals surface area contributed by atoms with E-state index in [9.17, 15) is 34.2 Å². The molecule has 5 amide bonds. The summed E-state index contributed by atoms with van der Waals surface area (Å²) in [7, 11) is -0.659. The fourth-order valence-corrected chi connectivity index (χ4v) is 8.26. The second kappa shape index (κ2) is 20.4. The van der Waals surface area contributed by atoms with Crippen molar-refractivity contribution in [3.63, 3.8) is 0 Å². The third-order valence-electron chi connectivity index (χ3n) is 12.0. The van der Waals surface area contributed by atoms with E-state index in [1.165, 1.54) is 39.8 Å². The van der Waals surface area contributed by atoms with Gasteiger partial charge in [-0.3, -0.25) is 24.0 Å². The summed E-state index contributed by atoms with van der Waals surface area (Å²) in [4.78, 5) is 67.0. The summed E-state index contributed by atoms with van der Waals surface area (Å²) in [5.74, 6) is 7.65. The predicted octanol–water partition coefficient (Wildman–Crippen LogP) is 0.0159. The Morgan fingerprint density at radius 3 is 2.10 bits per heavy atom. The number of amides is 5. The van der Waals surface area contributed by atoms with Crippen LogP contribution in [0.3, 0.4) is 0 Å². The zero-order valence-corrected chi connectivity index (χ0v) is 36.1. The minimum absolute atomic E-state index is 0.0121. The summed E-state index contributed by atoms with van der Waals surface area (Å²) in [6, 6.07) is 1.38. The van der Waals surface area contributed by atoms with E-state index in [0.717, 1.165) is 12.8 Å². The minimum atomic E-state index is -1.51. The lowest BCUT2D eigenvalue weighted by molar-refractivity contribution is -0.199. The van der Waals surface area contributed by atoms with Crippen molar-refractivity contribution in [2.24, 2.45) is 28.7 Å². The molecule has 16 nitrogen and oxygen atoms in total. The monoisotopic (exact) mass is 833 g/mol. The molecule has 4 aliphatic rings. The molecule has 10 unspecified atom stereocenters. The van der Waals surface area contributed by atoms with E-state index in [4.69, 9.17) is 20.8 Å². The summed E-state index contributed by atoms with van der Waals surface area (Å²) >= 11 is 0. The van der Waals surface area contributed by atoms with Crippen LogP contribution in [0.15, 0.2) is 24.3 Å². The molecule has 1 aromatic carbocycles. The first-order chi connectivity index (χ1) is 28.1. The highest BCUT2D eigenvalue weighted by atomic mass is 16.7. The Morgan fingerprint density at radius 1 is 0.850 bits per heavy atom. The van der Waals surface area contributed by atoms with Crippen molar-refractivity contribution >= 4 is 36.7 Å². The van der Waals surface area contributed by atoms with Crippen molar-refractivity contribution in [3.8, 4) is 23.7 Å². The smallest absolute Gasteiger partial charge is 0.404 e. The van der Waals surface area contributed by atoms with E-state index in [1.54, 1.807) is 12.1 Å². The molecule has 4 fully saturated rings. The Kier molecular flexibility index (Phi) is 16.4. The molecule has 3 saturated carbocycles. The van der Waals surface area contributed by atoms with Crippen LogP contribution in [0, 0.1) is 40.9 Å². The molecule has 17 heteroatoms. The summed E-state index contributed by atoms with van der Waals surface area (Å²) in [6.07, 6.45) is 2.00. The number of carbonyl (C=O) groups is 5. The van der Waals surface area contributed by atoms with Crippen LogP contribution < -0.4 is 38.1 Å². The lowest BCUT2D eigenvalue weighted by Gasteiger charge is -2.64. The number of rotatable bonds is 18. The van der Waals surface area contributed by atoms with Crippen LogP contribution in [-0.2, 0) is 28.5 Å². The SMILES string of the molecule is CC(NC(=O)C(CCCCN)NC(=O)C(C)NC(=O)C(NC(=O)C(CCN)NC(=O)c1ccc(C#CC#CC(C)(C)O)cc1)C(C)O)B1OC2CC3CC(C3(C)C)C2(C)O1. The van der Waals surface area contributed by atoms with Crippen LogP contribution in [-0.4, -0.2) is 113 Å². The summed E-state index contributed by atoms with van der Waals surface area (Å²) in [6.45, 7) is 14.7. The average Bonchev–Trinajstić information content (AvgIpc) is 3.55. The standard InChI is InChI=1S/C43H64BN7O9/c1-25(36(53)49-31(14-10-12-21-45)38(55)48-27(3)44-59-34-24-30-23-33(42(30,6)7)43(34,8)60-44)47-40(57)35(26(2)52)51-39(56)32(19-22-46)50-37(54)29-17-15-28(16-18-29)13-9-11-20-41(4,5)58/h15-18,25-27,30-35,52,58H,10,12,14,19,21-24,45-46H2,1-8H3,(H,47,57)(H,48,55)(H,49,53)(H,50,54)(H,51,56). The van der Waals surface area contributed by atoms with Crippen LogP contribution in [0.25, 0.3) is 0 Å². The molecule has 11 N–H and O–H groups in total. The van der Waals surface area contributed by atoms with Crippen molar-refractivity contribution in [3.05, 3.63) is 35.4 Å². The van der Waals surface area contributed by atoms with Gasteiger partial charge in [0.05, 0.1) is 23.8 Å². The second-order valence-corrected chi connectivity index (χ2v) is 17.7. The minimum Gasteiger partial charge on any atom is -0.404 e.